The van der Waals surface area contributed by atoms with Crippen molar-refractivity contribution in [3.8, 4) is 10.7 Å². The van der Waals surface area contributed by atoms with Gasteiger partial charge in [-0.2, -0.15) is 0 Å². The molecule has 1 aromatic carbocycles. The van der Waals surface area contributed by atoms with Crippen molar-refractivity contribution in [1.29, 1.82) is 0 Å². The first-order valence-corrected chi connectivity index (χ1v) is 7.17. The standard InChI is InChI=1S/C13H9N5O4S/c1-7-6-10(17-22-7)12-15-16-13(23-12)14-11(19)8-2-4-9(5-3-8)18(20)21/h2-6H,1H3,(H,14,16,19). The maximum atomic E-state index is 12.1. The van der Waals surface area contributed by atoms with Crippen LogP contribution in [0.2, 0.25) is 0 Å². The van der Waals surface area contributed by atoms with Crippen LogP contribution in [0.3, 0.4) is 0 Å². The Morgan fingerprint density at radius 2 is 2.04 bits per heavy atom. The summed E-state index contributed by atoms with van der Waals surface area (Å²) in [7, 11) is 0. The summed E-state index contributed by atoms with van der Waals surface area (Å²) in [4.78, 5) is 22.1. The molecule has 0 aliphatic heterocycles. The minimum atomic E-state index is -0.529. The molecule has 0 unspecified atom stereocenters. The van der Waals surface area contributed by atoms with Gasteiger partial charge >= 0.3 is 0 Å². The second-order valence-electron chi connectivity index (χ2n) is 4.49. The van der Waals surface area contributed by atoms with Crippen molar-refractivity contribution >= 4 is 28.1 Å². The SMILES string of the molecule is Cc1cc(-c2nnc(NC(=O)c3ccc([N+](=O)[O-])cc3)s2)no1. The lowest BCUT2D eigenvalue weighted by Gasteiger charge is -2.00. The Bertz CT molecular complexity index is 871. The molecule has 0 atom stereocenters. The van der Waals surface area contributed by atoms with Crippen LogP contribution in [-0.4, -0.2) is 26.2 Å². The van der Waals surface area contributed by atoms with Gasteiger partial charge in [0.15, 0.2) is 5.01 Å². The summed E-state index contributed by atoms with van der Waals surface area (Å²) in [5, 5.41) is 25.6. The van der Waals surface area contributed by atoms with Gasteiger partial charge in [0.1, 0.15) is 11.5 Å². The number of aryl methyl sites for hydroxylation is 1. The van der Waals surface area contributed by atoms with Crippen LogP contribution in [0.5, 0.6) is 0 Å². The van der Waals surface area contributed by atoms with Gasteiger partial charge < -0.3 is 4.52 Å². The van der Waals surface area contributed by atoms with E-state index in [1.165, 1.54) is 24.3 Å². The van der Waals surface area contributed by atoms with E-state index in [0.717, 1.165) is 11.3 Å². The van der Waals surface area contributed by atoms with Crippen molar-refractivity contribution in [2.24, 2.45) is 0 Å². The maximum Gasteiger partial charge on any atom is 0.269 e. The molecule has 0 spiro atoms. The smallest absolute Gasteiger partial charge is 0.269 e. The normalized spacial score (nSPS) is 10.5. The third-order valence-electron chi connectivity index (χ3n) is 2.83. The fraction of sp³-hybridized carbons (Fsp3) is 0.0769. The Labute approximate surface area is 133 Å². The zero-order valence-corrected chi connectivity index (χ0v) is 12.5. The molecule has 0 aliphatic rings. The van der Waals surface area contributed by atoms with Crippen LogP contribution in [0.4, 0.5) is 10.8 Å². The number of non-ortho nitro benzene ring substituents is 1. The molecule has 0 saturated carbocycles. The molecule has 0 aliphatic carbocycles. The molecule has 116 valence electrons. The van der Waals surface area contributed by atoms with E-state index in [1.807, 2.05) is 0 Å². The Hall–Kier alpha value is -3.14. The van der Waals surface area contributed by atoms with Crippen molar-refractivity contribution in [2.45, 2.75) is 6.92 Å². The van der Waals surface area contributed by atoms with Gasteiger partial charge in [-0.3, -0.25) is 20.2 Å². The first-order valence-electron chi connectivity index (χ1n) is 6.36. The monoisotopic (exact) mass is 331 g/mol. The van der Waals surface area contributed by atoms with E-state index in [1.54, 1.807) is 13.0 Å². The molecule has 3 aromatic rings. The maximum absolute atomic E-state index is 12.1. The summed E-state index contributed by atoms with van der Waals surface area (Å²) in [5.41, 5.74) is 0.738. The van der Waals surface area contributed by atoms with Crippen LogP contribution in [-0.2, 0) is 0 Å². The summed E-state index contributed by atoms with van der Waals surface area (Å²) in [6.07, 6.45) is 0. The Morgan fingerprint density at radius 1 is 1.30 bits per heavy atom. The first-order chi connectivity index (χ1) is 11.0. The lowest BCUT2D eigenvalue weighted by Crippen LogP contribution is -2.11. The quantitative estimate of drug-likeness (QED) is 0.575. The van der Waals surface area contributed by atoms with Crippen molar-refractivity contribution in [3.63, 3.8) is 0 Å². The highest BCUT2D eigenvalue weighted by Crippen LogP contribution is 2.26. The largest absolute Gasteiger partial charge is 0.361 e. The molecule has 0 fully saturated rings. The van der Waals surface area contributed by atoms with Crippen LogP contribution >= 0.6 is 11.3 Å². The number of carbonyl (C=O) groups excluding carboxylic acids is 1. The molecular formula is C13H9N5O4S. The van der Waals surface area contributed by atoms with Crippen LogP contribution in [0.15, 0.2) is 34.9 Å². The number of nitro groups is 1. The molecule has 23 heavy (non-hydrogen) atoms. The number of nitro benzene ring substituents is 1. The molecule has 2 heterocycles. The lowest BCUT2D eigenvalue weighted by molar-refractivity contribution is -0.384. The van der Waals surface area contributed by atoms with Gasteiger partial charge in [-0.1, -0.05) is 16.5 Å². The minimum absolute atomic E-state index is 0.0823. The van der Waals surface area contributed by atoms with E-state index in [2.05, 4.69) is 20.7 Å². The summed E-state index contributed by atoms with van der Waals surface area (Å²) >= 11 is 1.15. The number of nitrogens with zero attached hydrogens (tertiary/aromatic N) is 4. The highest BCUT2D eigenvalue weighted by molar-refractivity contribution is 7.18. The molecule has 2 aromatic heterocycles. The Kier molecular flexibility index (Phi) is 3.81. The zero-order chi connectivity index (χ0) is 16.4. The van der Waals surface area contributed by atoms with E-state index in [4.69, 9.17) is 4.52 Å². The van der Waals surface area contributed by atoms with Crippen LogP contribution in [0.1, 0.15) is 16.1 Å². The molecule has 0 saturated heterocycles. The molecule has 0 bridgehead atoms. The molecule has 1 N–H and O–H groups in total. The number of anilines is 1. The van der Waals surface area contributed by atoms with E-state index in [0.29, 0.717) is 21.6 Å². The third kappa shape index (κ3) is 3.21. The number of nitrogens with one attached hydrogen (secondary N) is 1. The molecule has 3 rings (SSSR count). The second kappa shape index (κ2) is 5.93. The lowest BCUT2D eigenvalue weighted by atomic mass is 10.2. The van der Waals surface area contributed by atoms with Crippen LogP contribution in [0.25, 0.3) is 10.7 Å². The second-order valence-corrected chi connectivity index (χ2v) is 5.47. The topological polar surface area (TPSA) is 124 Å². The number of aromatic nitrogens is 3. The number of carbonyl (C=O) groups is 1. The average Bonchev–Trinajstić information content (AvgIpc) is 3.16. The molecule has 10 heteroatoms. The fourth-order valence-electron chi connectivity index (χ4n) is 1.75. The zero-order valence-electron chi connectivity index (χ0n) is 11.7. The van der Waals surface area contributed by atoms with Crippen molar-refractivity contribution in [3.05, 3.63) is 51.8 Å². The number of hydrogen-bond acceptors (Lipinski definition) is 8. The number of benzene rings is 1. The highest BCUT2D eigenvalue weighted by atomic mass is 32.1. The summed E-state index contributed by atoms with van der Waals surface area (Å²) in [6.45, 7) is 1.76. The first kappa shape index (κ1) is 14.8. The predicted octanol–water partition coefficient (Wildman–Crippen LogP) is 2.66. The molecule has 0 radical (unpaired) electrons. The van der Waals surface area contributed by atoms with E-state index in [9.17, 15) is 14.9 Å². The average molecular weight is 331 g/mol. The van der Waals surface area contributed by atoms with E-state index in [-0.39, 0.29) is 11.3 Å². The van der Waals surface area contributed by atoms with Crippen molar-refractivity contribution < 1.29 is 14.2 Å². The molecule has 1 amide bonds. The Balaban J connectivity index is 1.73. The summed E-state index contributed by atoms with van der Waals surface area (Å²) in [6, 6.07) is 6.98. The Morgan fingerprint density at radius 3 is 2.65 bits per heavy atom. The van der Waals surface area contributed by atoms with Gasteiger partial charge in [0.05, 0.1) is 4.92 Å². The van der Waals surface area contributed by atoms with Gasteiger partial charge in [0, 0.05) is 23.8 Å². The van der Waals surface area contributed by atoms with Gasteiger partial charge in [-0.15, -0.1) is 10.2 Å². The number of hydrogen-bond donors (Lipinski definition) is 1. The minimum Gasteiger partial charge on any atom is -0.361 e. The van der Waals surface area contributed by atoms with E-state index >= 15 is 0 Å². The highest BCUT2D eigenvalue weighted by Gasteiger charge is 2.14. The van der Waals surface area contributed by atoms with Crippen molar-refractivity contribution in [1.82, 2.24) is 15.4 Å². The summed E-state index contributed by atoms with van der Waals surface area (Å²) < 4.78 is 4.96. The predicted molar refractivity (Wildman–Crippen MR) is 81.2 cm³/mol. The van der Waals surface area contributed by atoms with Gasteiger partial charge in [-0.05, 0) is 19.1 Å². The van der Waals surface area contributed by atoms with Crippen LogP contribution < -0.4 is 5.32 Å². The number of rotatable bonds is 4. The molecular weight excluding hydrogens is 322 g/mol. The van der Waals surface area contributed by atoms with E-state index < -0.39 is 10.8 Å². The van der Waals surface area contributed by atoms with Gasteiger partial charge in [0.25, 0.3) is 11.6 Å². The third-order valence-corrected chi connectivity index (χ3v) is 3.69. The molecule has 9 nitrogen and oxygen atoms in total. The van der Waals surface area contributed by atoms with Crippen molar-refractivity contribution in [2.75, 3.05) is 5.32 Å². The summed E-state index contributed by atoms with van der Waals surface area (Å²) in [5.74, 6) is 0.214. The van der Waals surface area contributed by atoms with Gasteiger partial charge in [0.2, 0.25) is 5.13 Å². The van der Waals surface area contributed by atoms with Crippen LogP contribution in [0, 0.1) is 17.0 Å². The number of amides is 1. The fourth-order valence-corrected chi connectivity index (χ4v) is 2.44. The van der Waals surface area contributed by atoms with Gasteiger partial charge in [-0.25, -0.2) is 0 Å².